The summed E-state index contributed by atoms with van der Waals surface area (Å²) < 4.78 is 0. The molecule has 3 aromatic rings. The number of anilines is 1. The molecule has 0 aliphatic carbocycles. The summed E-state index contributed by atoms with van der Waals surface area (Å²) in [5.41, 5.74) is 2.41. The number of rotatable bonds is 5. The largest absolute Gasteiger partial charge is 0.321 e. The van der Waals surface area contributed by atoms with Gasteiger partial charge in [-0.05, 0) is 36.8 Å². The van der Waals surface area contributed by atoms with Crippen LogP contribution in [0.15, 0.2) is 72.8 Å². The Balaban J connectivity index is 1.73. The van der Waals surface area contributed by atoms with Crippen molar-refractivity contribution in [3.63, 3.8) is 0 Å². The molecule has 0 heterocycles. The van der Waals surface area contributed by atoms with E-state index in [0.29, 0.717) is 21.8 Å². The Hall–Kier alpha value is -3.24. The summed E-state index contributed by atoms with van der Waals surface area (Å²) in [7, 11) is 0. The van der Waals surface area contributed by atoms with Gasteiger partial charge in [0.05, 0.1) is 10.7 Å². The van der Waals surface area contributed by atoms with Crippen molar-refractivity contribution < 1.29 is 14.4 Å². The van der Waals surface area contributed by atoms with E-state index in [4.69, 9.17) is 11.6 Å². The second kappa shape index (κ2) is 7.98. The number of nitrogens with one attached hydrogen (secondary N) is 1. The van der Waals surface area contributed by atoms with Crippen molar-refractivity contribution in [2.75, 3.05) is 5.32 Å². The quantitative estimate of drug-likeness (QED) is 0.504. The minimum absolute atomic E-state index is 0.230. The summed E-state index contributed by atoms with van der Waals surface area (Å²) in [5.74, 6) is -1.55. The predicted molar refractivity (Wildman–Crippen MR) is 106 cm³/mol. The summed E-state index contributed by atoms with van der Waals surface area (Å²) >= 11 is 6.12. The molecule has 3 aromatic carbocycles. The molecule has 4 nitrogen and oxygen atoms in total. The molecule has 0 aliphatic rings. The van der Waals surface area contributed by atoms with Gasteiger partial charge in [0.1, 0.15) is 0 Å². The van der Waals surface area contributed by atoms with E-state index < -0.39 is 11.6 Å². The molecule has 0 aliphatic heterocycles. The zero-order chi connectivity index (χ0) is 19.4. The smallest absolute Gasteiger partial charge is 0.255 e. The second-order valence-electron chi connectivity index (χ2n) is 6.04. The second-order valence-corrected chi connectivity index (χ2v) is 6.45. The highest BCUT2D eigenvalue weighted by molar-refractivity contribution is 6.49. The van der Waals surface area contributed by atoms with Crippen LogP contribution in [0.25, 0.3) is 0 Å². The number of carbonyl (C=O) groups is 3. The molecular weight excluding hydrogens is 362 g/mol. The first kappa shape index (κ1) is 18.5. The fraction of sp³-hybridized carbons (Fsp3) is 0.0455. The number of aryl methyl sites for hydroxylation is 1. The zero-order valence-corrected chi connectivity index (χ0v) is 15.3. The van der Waals surface area contributed by atoms with E-state index in [-0.39, 0.29) is 11.5 Å². The standard InChI is InChI=1S/C22H16ClNO3/c1-14-7-12-19(18(23)13-14)24-22(27)17-10-8-16(9-11-17)21(26)20(25)15-5-3-2-4-6-15/h2-13H,1H3,(H,24,27). The topological polar surface area (TPSA) is 63.2 Å². The summed E-state index contributed by atoms with van der Waals surface area (Å²) in [5, 5.41) is 3.18. The van der Waals surface area contributed by atoms with Crippen molar-refractivity contribution in [1.29, 1.82) is 0 Å². The molecule has 0 spiro atoms. The number of halogens is 1. The average molecular weight is 378 g/mol. The van der Waals surface area contributed by atoms with Gasteiger partial charge in [-0.2, -0.15) is 0 Å². The van der Waals surface area contributed by atoms with Gasteiger partial charge in [0.15, 0.2) is 0 Å². The number of hydrogen-bond donors (Lipinski definition) is 1. The fourth-order valence-corrected chi connectivity index (χ4v) is 2.82. The summed E-state index contributed by atoms with van der Waals surface area (Å²) in [6, 6.07) is 19.6. The molecule has 27 heavy (non-hydrogen) atoms. The van der Waals surface area contributed by atoms with Crippen LogP contribution in [0.4, 0.5) is 5.69 Å². The Bertz CT molecular complexity index is 1010. The minimum atomic E-state index is -0.616. The van der Waals surface area contributed by atoms with Crippen LogP contribution in [0.1, 0.15) is 36.6 Å². The van der Waals surface area contributed by atoms with E-state index in [2.05, 4.69) is 5.32 Å². The number of ketones is 2. The van der Waals surface area contributed by atoms with Crippen LogP contribution in [-0.2, 0) is 0 Å². The summed E-state index contributed by atoms with van der Waals surface area (Å²) in [6.45, 7) is 1.91. The first-order chi connectivity index (χ1) is 13.0. The van der Waals surface area contributed by atoms with Crippen LogP contribution in [0.3, 0.4) is 0 Å². The third-order valence-electron chi connectivity index (χ3n) is 4.02. The Kier molecular flexibility index (Phi) is 5.48. The molecule has 0 saturated carbocycles. The van der Waals surface area contributed by atoms with Crippen LogP contribution in [0, 0.1) is 6.92 Å². The van der Waals surface area contributed by atoms with Crippen molar-refractivity contribution in [1.82, 2.24) is 0 Å². The molecule has 1 amide bonds. The highest BCUT2D eigenvalue weighted by atomic mass is 35.5. The van der Waals surface area contributed by atoms with Crippen LogP contribution in [0.5, 0.6) is 0 Å². The van der Waals surface area contributed by atoms with Crippen LogP contribution >= 0.6 is 11.6 Å². The maximum atomic E-state index is 12.4. The van der Waals surface area contributed by atoms with E-state index in [1.165, 1.54) is 24.3 Å². The van der Waals surface area contributed by atoms with Gasteiger partial charge in [-0.25, -0.2) is 0 Å². The van der Waals surface area contributed by atoms with Crippen molar-refractivity contribution in [3.05, 3.63) is 100 Å². The van der Waals surface area contributed by atoms with Gasteiger partial charge < -0.3 is 5.32 Å². The van der Waals surface area contributed by atoms with Gasteiger partial charge in [-0.3, -0.25) is 14.4 Å². The van der Waals surface area contributed by atoms with Gasteiger partial charge in [-0.15, -0.1) is 0 Å². The number of hydrogen-bond acceptors (Lipinski definition) is 3. The monoisotopic (exact) mass is 377 g/mol. The SMILES string of the molecule is Cc1ccc(NC(=O)c2ccc(C(=O)C(=O)c3ccccc3)cc2)c(Cl)c1. The third kappa shape index (κ3) is 4.30. The Morgan fingerprint density at radius 1 is 0.741 bits per heavy atom. The van der Waals surface area contributed by atoms with Gasteiger partial charge in [-0.1, -0.05) is 60.1 Å². The van der Waals surface area contributed by atoms with Crippen molar-refractivity contribution in [3.8, 4) is 0 Å². The number of Topliss-reactive ketones (excluding diaryl/α,β-unsaturated/α-hetero) is 2. The normalized spacial score (nSPS) is 10.3. The molecule has 1 N–H and O–H groups in total. The van der Waals surface area contributed by atoms with E-state index in [9.17, 15) is 14.4 Å². The number of benzene rings is 3. The van der Waals surface area contributed by atoms with Crippen LogP contribution in [-0.4, -0.2) is 17.5 Å². The van der Waals surface area contributed by atoms with Gasteiger partial charge in [0.25, 0.3) is 5.91 Å². The predicted octanol–water partition coefficient (Wildman–Crippen LogP) is 4.97. The summed E-state index contributed by atoms with van der Waals surface area (Å²) in [6.07, 6.45) is 0. The molecule has 0 radical (unpaired) electrons. The first-order valence-corrected chi connectivity index (χ1v) is 8.65. The Morgan fingerprint density at radius 3 is 1.89 bits per heavy atom. The van der Waals surface area contributed by atoms with Crippen molar-refractivity contribution in [2.45, 2.75) is 6.92 Å². The lowest BCUT2D eigenvalue weighted by atomic mass is 10.0. The highest BCUT2D eigenvalue weighted by Gasteiger charge is 2.18. The Labute approximate surface area is 161 Å². The van der Waals surface area contributed by atoms with Crippen LogP contribution < -0.4 is 5.32 Å². The van der Waals surface area contributed by atoms with E-state index >= 15 is 0 Å². The van der Waals surface area contributed by atoms with Gasteiger partial charge in [0, 0.05) is 16.7 Å². The van der Waals surface area contributed by atoms with E-state index in [1.807, 2.05) is 13.0 Å². The lowest BCUT2D eigenvalue weighted by molar-refractivity contribution is 0.0817. The van der Waals surface area contributed by atoms with Gasteiger partial charge in [0.2, 0.25) is 11.6 Å². The maximum Gasteiger partial charge on any atom is 0.255 e. The molecule has 134 valence electrons. The molecule has 0 aromatic heterocycles. The average Bonchev–Trinajstić information content (AvgIpc) is 2.69. The molecule has 3 rings (SSSR count). The number of amides is 1. The molecular formula is C22H16ClNO3. The zero-order valence-electron chi connectivity index (χ0n) is 14.5. The molecule has 0 atom stereocenters. The molecule has 0 bridgehead atoms. The van der Waals surface area contributed by atoms with Crippen molar-refractivity contribution in [2.24, 2.45) is 0 Å². The maximum absolute atomic E-state index is 12.4. The lowest BCUT2D eigenvalue weighted by Crippen LogP contribution is -2.15. The van der Waals surface area contributed by atoms with Crippen LogP contribution in [0.2, 0.25) is 5.02 Å². The van der Waals surface area contributed by atoms with Gasteiger partial charge >= 0.3 is 0 Å². The first-order valence-electron chi connectivity index (χ1n) is 8.27. The Morgan fingerprint density at radius 2 is 1.30 bits per heavy atom. The minimum Gasteiger partial charge on any atom is -0.321 e. The molecule has 5 heteroatoms. The molecule has 0 unspecified atom stereocenters. The molecule has 0 saturated heterocycles. The third-order valence-corrected chi connectivity index (χ3v) is 4.34. The fourth-order valence-electron chi connectivity index (χ4n) is 2.54. The molecule has 0 fully saturated rings. The highest BCUT2D eigenvalue weighted by Crippen LogP contribution is 2.23. The van der Waals surface area contributed by atoms with Crippen molar-refractivity contribution >= 4 is 34.8 Å². The lowest BCUT2D eigenvalue weighted by Gasteiger charge is -2.08. The van der Waals surface area contributed by atoms with E-state index in [0.717, 1.165) is 5.56 Å². The van der Waals surface area contributed by atoms with E-state index in [1.54, 1.807) is 42.5 Å². The number of carbonyl (C=O) groups excluding carboxylic acids is 3. The summed E-state index contributed by atoms with van der Waals surface area (Å²) in [4.78, 5) is 36.9.